The highest BCUT2D eigenvalue weighted by molar-refractivity contribution is 7.89. The minimum Gasteiger partial charge on any atom is -0.495 e. The number of methoxy groups -OCH3 is 1. The Morgan fingerprint density at radius 1 is 1.24 bits per heavy atom. The van der Waals surface area contributed by atoms with Gasteiger partial charge in [0.25, 0.3) is 0 Å². The van der Waals surface area contributed by atoms with Gasteiger partial charge in [0.05, 0.1) is 24.2 Å². The number of aromatic nitrogens is 2. The van der Waals surface area contributed by atoms with Crippen LogP contribution in [0.2, 0.25) is 0 Å². The van der Waals surface area contributed by atoms with Gasteiger partial charge in [-0.15, -0.1) is 0 Å². The molecule has 2 rings (SSSR count). The number of benzene rings is 1. The maximum atomic E-state index is 12.7. The molecule has 0 aliphatic heterocycles. The van der Waals surface area contributed by atoms with Crippen LogP contribution in [0.1, 0.15) is 32.5 Å². The summed E-state index contributed by atoms with van der Waals surface area (Å²) in [7, 11) is -2.02. The van der Waals surface area contributed by atoms with Gasteiger partial charge in [-0.3, -0.25) is 0 Å². The van der Waals surface area contributed by atoms with Crippen LogP contribution in [0.3, 0.4) is 0 Å². The van der Waals surface area contributed by atoms with Gasteiger partial charge in [-0.1, -0.05) is 25.9 Å². The van der Waals surface area contributed by atoms with Crippen molar-refractivity contribution in [3.05, 3.63) is 29.9 Å². The van der Waals surface area contributed by atoms with Crippen molar-refractivity contribution in [3.63, 3.8) is 0 Å². The molecular formula is C16H24N4O4S. The van der Waals surface area contributed by atoms with Gasteiger partial charge in [0.2, 0.25) is 15.9 Å². The van der Waals surface area contributed by atoms with E-state index in [2.05, 4.69) is 15.5 Å². The zero-order valence-corrected chi connectivity index (χ0v) is 15.8. The summed E-state index contributed by atoms with van der Waals surface area (Å²) in [6.07, 6.45) is 0.685. The maximum absolute atomic E-state index is 12.7. The first-order chi connectivity index (χ1) is 12.0. The van der Waals surface area contributed by atoms with E-state index in [4.69, 9.17) is 9.26 Å². The highest BCUT2D eigenvalue weighted by Gasteiger charge is 2.23. The SMILES string of the molecule is CCc1noc(CNc2cc(S(=O)(=O)N(CC)CC)ccc2OC)n1. The molecule has 0 amide bonds. The maximum Gasteiger partial charge on any atom is 0.245 e. The van der Waals surface area contributed by atoms with Gasteiger partial charge in [-0.05, 0) is 18.2 Å². The number of sulfonamides is 1. The molecule has 0 unspecified atom stereocenters. The van der Waals surface area contributed by atoms with Gasteiger partial charge >= 0.3 is 0 Å². The fourth-order valence-corrected chi connectivity index (χ4v) is 3.86. The molecule has 0 aliphatic carbocycles. The van der Waals surface area contributed by atoms with Crippen LogP contribution < -0.4 is 10.1 Å². The first-order valence-corrected chi connectivity index (χ1v) is 9.63. The third kappa shape index (κ3) is 4.29. The van der Waals surface area contributed by atoms with Gasteiger partial charge < -0.3 is 14.6 Å². The number of nitrogens with one attached hydrogen (secondary N) is 1. The van der Waals surface area contributed by atoms with E-state index in [0.717, 1.165) is 0 Å². The average Bonchev–Trinajstić information content (AvgIpc) is 3.08. The van der Waals surface area contributed by atoms with E-state index in [0.29, 0.717) is 42.7 Å². The predicted molar refractivity (Wildman–Crippen MR) is 94.1 cm³/mol. The van der Waals surface area contributed by atoms with Crippen molar-refractivity contribution in [1.29, 1.82) is 0 Å². The fourth-order valence-electron chi connectivity index (χ4n) is 2.37. The number of ether oxygens (including phenoxy) is 1. The Balaban J connectivity index is 2.27. The zero-order chi connectivity index (χ0) is 18.4. The van der Waals surface area contributed by atoms with Gasteiger partial charge in [-0.2, -0.15) is 9.29 Å². The van der Waals surface area contributed by atoms with E-state index in [9.17, 15) is 8.42 Å². The second-order valence-corrected chi connectivity index (χ2v) is 7.20. The Morgan fingerprint density at radius 3 is 2.52 bits per heavy atom. The first kappa shape index (κ1) is 19.2. The molecule has 1 heterocycles. The molecule has 9 heteroatoms. The molecule has 0 atom stereocenters. The van der Waals surface area contributed by atoms with Crippen molar-refractivity contribution < 1.29 is 17.7 Å². The van der Waals surface area contributed by atoms with Crippen LogP contribution in [0, 0.1) is 0 Å². The summed E-state index contributed by atoms with van der Waals surface area (Å²) in [6.45, 7) is 6.66. The normalized spacial score (nSPS) is 11.7. The molecule has 1 aromatic carbocycles. The van der Waals surface area contributed by atoms with Crippen LogP contribution in [0.25, 0.3) is 0 Å². The van der Waals surface area contributed by atoms with Crippen molar-refractivity contribution in [3.8, 4) is 5.75 Å². The third-order valence-electron chi connectivity index (χ3n) is 3.77. The van der Waals surface area contributed by atoms with Crippen molar-refractivity contribution in [1.82, 2.24) is 14.4 Å². The number of rotatable bonds is 9. The minimum atomic E-state index is -3.55. The molecule has 0 aliphatic rings. The van der Waals surface area contributed by atoms with E-state index in [1.807, 2.05) is 20.8 Å². The lowest BCUT2D eigenvalue weighted by atomic mass is 10.3. The second kappa shape index (κ2) is 8.30. The monoisotopic (exact) mass is 368 g/mol. The molecule has 2 aromatic rings. The largest absolute Gasteiger partial charge is 0.495 e. The van der Waals surface area contributed by atoms with Crippen LogP contribution in [-0.4, -0.2) is 43.1 Å². The van der Waals surface area contributed by atoms with Gasteiger partial charge in [0.15, 0.2) is 5.82 Å². The summed E-state index contributed by atoms with van der Waals surface area (Å²) < 4.78 is 37.2. The molecule has 0 spiro atoms. The molecular weight excluding hydrogens is 344 g/mol. The topological polar surface area (TPSA) is 97.6 Å². The Morgan fingerprint density at radius 2 is 1.96 bits per heavy atom. The van der Waals surface area contributed by atoms with Crippen LogP contribution in [-0.2, 0) is 23.0 Å². The fraction of sp³-hybridized carbons (Fsp3) is 0.500. The Kier molecular flexibility index (Phi) is 6.38. The molecule has 25 heavy (non-hydrogen) atoms. The average molecular weight is 368 g/mol. The van der Waals surface area contributed by atoms with E-state index >= 15 is 0 Å². The summed E-state index contributed by atoms with van der Waals surface area (Å²) in [4.78, 5) is 4.43. The number of aryl methyl sites for hydroxylation is 1. The van der Waals surface area contributed by atoms with Crippen LogP contribution in [0.15, 0.2) is 27.6 Å². The standard InChI is InChI=1S/C16H24N4O4S/c1-5-15-18-16(24-19-15)11-17-13-10-12(8-9-14(13)23-4)25(21,22)20(6-2)7-3/h8-10,17H,5-7,11H2,1-4H3. The lowest BCUT2D eigenvalue weighted by molar-refractivity contribution is 0.377. The van der Waals surface area contributed by atoms with E-state index in [1.165, 1.54) is 11.4 Å². The van der Waals surface area contributed by atoms with Gasteiger partial charge in [0.1, 0.15) is 5.75 Å². The molecule has 0 bridgehead atoms. The number of hydrogen-bond acceptors (Lipinski definition) is 7. The molecule has 8 nitrogen and oxygen atoms in total. The van der Waals surface area contributed by atoms with Crippen LogP contribution in [0.4, 0.5) is 5.69 Å². The quantitative estimate of drug-likeness (QED) is 0.725. The summed E-state index contributed by atoms with van der Waals surface area (Å²) in [5.41, 5.74) is 0.548. The van der Waals surface area contributed by atoms with Crippen molar-refractivity contribution >= 4 is 15.7 Å². The summed E-state index contributed by atoms with van der Waals surface area (Å²) in [5, 5.41) is 6.93. The van der Waals surface area contributed by atoms with E-state index in [1.54, 1.807) is 18.2 Å². The zero-order valence-electron chi connectivity index (χ0n) is 14.9. The predicted octanol–water partition coefficient (Wildman–Crippen LogP) is 2.28. The number of nitrogens with zero attached hydrogens (tertiary/aromatic N) is 3. The molecule has 1 N–H and O–H groups in total. The molecule has 0 saturated heterocycles. The Bertz CT molecular complexity index is 800. The first-order valence-electron chi connectivity index (χ1n) is 8.19. The van der Waals surface area contributed by atoms with Crippen LogP contribution >= 0.6 is 0 Å². The lowest BCUT2D eigenvalue weighted by Crippen LogP contribution is -2.30. The van der Waals surface area contributed by atoms with Crippen molar-refractivity contribution in [2.75, 3.05) is 25.5 Å². The molecule has 0 saturated carbocycles. The summed E-state index contributed by atoms with van der Waals surface area (Å²) >= 11 is 0. The van der Waals surface area contributed by atoms with E-state index in [-0.39, 0.29) is 11.4 Å². The molecule has 0 fully saturated rings. The van der Waals surface area contributed by atoms with Crippen molar-refractivity contribution in [2.24, 2.45) is 0 Å². The highest BCUT2D eigenvalue weighted by atomic mass is 32.2. The molecule has 138 valence electrons. The molecule has 1 aromatic heterocycles. The summed E-state index contributed by atoms with van der Waals surface area (Å²) in [5.74, 6) is 1.59. The summed E-state index contributed by atoms with van der Waals surface area (Å²) in [6, 6.07) is 4.73. The van der Waals surface area contributed by atoms with Gasteiger partial charge in [0, 0.05) is 19.5 Å². The smallest absolute Gasteiger partial charge is 0.245 e. The third-order valence-corrected chi connectivity index (χ3v) is 5.82. The van der Waals surface area contributed by atoms with Gasteiger partial charge in [-0.25, -0.2) is 8.42 Å². The molecule has 0 radical (unpaired) electrons. The van der Waals surface area contributed by atoms with Crippen molar-refractivity contribution in [2.45, 2.75) is 38.6 Å². The second-order valence-electron chi connectivity index (χ2n) is 5.26. The Hall–Kier alpha value is -2.13. The number of hydrogen-bond donors (Lipinski definition) is 1. The number of anilines is 1. The highest BCUT2D eigenvalue weighted by Crippen LogP contribution is 2.29. The Labute approximate surface area is 148 Å². The van der Waals surface area contributed by atoms with E-state index < -0.39 is 10.0 Å². The van der Waals surface area contributed by atoms with Crippen LogP contribution in [0.5, 0.6) is 5.75 Å². The minimum absolute atomic E-state index is 0.208. The lowest BCUT2D eigenvalue weighted by Gasteiger charge is -2.19.